The molecule has 8 nitrogen and oxygen atoms in total. The predicted molar refractivity (Wildman–Crippen MR) is 164 cm³/mol. The van der Waals surface area contributed by atoms with Crippen molar-refractivity contribution in [3.8, 4) is 5.75 Å². The van der Waals surface area contributed by atoms with E-state index in [1.54, 1.807) is 42.5 Å². The first-order valence-electron chi connectivity index (χ1n) is 13.2. The van der Waals surface area contributed by atoms with Gasteiger partial charge in [-0.05, 0) is 43.2 Å². The summed E-state index contributed by atoms with van der Waals surface area (Å²) in [4.78, 5) is 28.7. The summed E-state index contributed by atoms with van der Waals surface area (Å²) in [6.07, 6.45) is 1.56. The van der Waals surface area contributed by atoms with Crippen LogP contribution in [-0.4, -0.2) is 57.6 Å². The lowest BCUT2D eigenvalue weighted by Crippen LogP contribution is -2.50. The summed E-state index contributed by atoms with van der Waals surface area (Å²) in [5, 5.41) is 3.60. The summed E-state index contributed by atoms with van der Waals surface area (Å²) < 4.78 is 32.0. The van der Waals surface area contributed by atoms with E-state index < -0.39 is 16.1 Å². The van der Waals surface area contributed by atoms with Gasteiger partial charge in [-0.15, -0.1) is 0 Å². The Morgan fingerprint density at radius 1 is 0.951 bits per heavy atom. The number of carbonyl (C=O) groups is 2. The number of amides is 2. The van der Waals surface area contributed by atoms with Gasteiger partial charge in [0.25, 0.3) is 0 Å². The fourth-order valence-electron chi connectivity index (χ4n) is 4.52. The number of methoxy groups -OCH3 is 1. The zero-order valence-electron chi connectivity index (χ0n) is 23.3. The number of nitrogens with zero attached hydrogens (tertiary/aromatic N) is 2. The second-order valence-electron chi connectivity index (χ2n) is 9.43. The normalized spacial score (nSPS) is 11.9. The van der Waals surface area contributed by atoms with Gasteiger partial charge in [-0.3, -0.25) is 13.9 Å². The van der Waals surface area contributed by atoms with Gasteiger partial charge >= 0.3 is 0 Å². The molecule has 2 amide bonds. The van der Waals surface area contributed by atoms with Crippen molar-refractivity contribution in [3.63, 3.8) is 0 Å². The van der Waals surface area contributed by atoms with Crippen LogP contribution >= 0.6 is 23.2 Å². The third kappa shape index (κ3) is 8.86. The molecule has 0 aliphatic rings. The second-order valence-corrected chi connectivity index (χ2v) is 12.2. The minimum absolute atomic E-state index is 0.00821. The smallest absolute Gasteiger partial charge is 0.243 e. The first-order chi connectivity index (χ1) is 19.6. The van der Waals surface area contributed by atoms with E-state index in [1.807, 2.05) is 37.3 Å². The standard InChI is InChI=1S/C30H35Cl2N3O5S/c1-4-33-30(37)27(20-22-12-6-5-7-13-22)34(21-23-24(31)14-10-15-25(23)32)29(36)18-11-19-35(41(3,38)39)26-16-8-9-17-28(26)40-2/h5-10,12-17,27H,4,11,18-21H2,1-3H3,(H,33,37)/t27-/m1/s1. The van der Waals surface area contributed by atoms with Crippen molar-refractivity contribution in [2.45, 2.75) is 38.8 Å². The van der Waals surface area contributed by atoms with Crippen molar-refractivity contribution in [2.75, 3.05) is 30.8 Å². The fraction of sp³-hybridized carbons (Fsp3) is 0.333. The molecule has 3 aromatic rings. The summed E-state index contributed by atoms with van der Waals surface area (Å²) in [5.74, 6) is -0.236. The topological polar surface area (TPSA) is 96.0 Å². The highest BCUT2D eigenvalue weighted by molar-refractivity contribution is 7.92. The molecule has 0 saturated heterocycles. The van der Waals surface area contributed by atoms with Gasteiger partial charge in [-0.1, -0.05) is 71.7 Å². The lowest BCUT2D eigenvalue weighted by molar-refractivity contribution is -0.141. The van der Waals surface area contributed by atoms with E-state index in [0.717, 1.165) is 11.8 Å². The molecule has 0 bridgehead atoms. The van der Waals surface area contributed by atoms with E-state index in [4.69, 9.17) is 27.9 Å². The number of ether oxygens (including phenoxy) is 1. The van der Waals surface area contributed by atoms with Crippen LogP contribution < -0.4 is 14.4 Å². The molecule has 1 atom stereocenters. The quantitative estimate of drug-likeness (QED) is 0.263. The molecule has 220 valence electrons. The molecular weight excluding hydrogens is 585 g/mol. The summed E-state index contributed by atoms with van der Waals surface area (Å²) in [6.45, 7) is 2.25. The Morgan fingerprint density at radius 2 is 1.59 bits per heavy atom. The lowest BCUT2D eigenvalue weighted by atomic mass is 10.0. The first kappa shape index (κ1) is 32.2. The molecule has 3 rings (SSSR count). The van der Waals surface area contributed by atoms with Gasteiger partial charge in [0.2, 0.25) is 21.8 Å². The molecule has 0 aliphatic carbocycles. The van der Waals surface area contributed by atoms with Gasteiger partial charge in [-0.25, -0.2) is 8.42 Å². The minimum Gasteiger partial charge on any atom is -0.495 e. The van der Waals surface area contributed by atoms with E-state index in [0.29, 0.717) is 33.6 Å². The third-order valence-electron chi connectivity index (χ3n) is 6.52. The Labute approximate surface area is 252 Å². The summed E-state index contributed by atoms with van der Waals surface area (Å²) in [7, 11) is -2.21. The highest BCUT2D eigenvalue weighted by Gasteiger charge is 2.31. The number of nitrogens with one attached hydrogen (secondary N) is 1. The maximum absolute atomic E-state index is 13.9. The molecule has 0 fully saturated rings. The van der Waals surface area contributed by atoms with E-state index in [2.05, 4.69) is 5.32 Å². The average Bonchev–Trinajstić information content (AvgIpc) is 2.94. The van der Waals surface area contributed by atoms with Crippen molar-refractivity contribution in [2.24, 2.45) is 0 Å². The van der Waals surface area contributed by atoms with Gasteiger partial charge in [0.05, 0.1) is 19.1 Å². The van der Waals surface area contributed by atoms with E-state index >= 15 is 0 Å². The average molecular weight is 621 g/mol. The number of sulfonamides is 1. The van der Waals surface area contributed by atoms with Crippen LogP contribution in [0.5, 0.6) is 5.75 Å². The van der Waals surface area contributed by atoms with Crippen molar-refractivity contribution < 1.29 is 22.7 Å². The fourth-order valence-corrected chi connectivity index (χ4v) is 6.00. The van der Waals surface area contributed by atoms with Gasteiger partial charge in [0, 0.05) is 48.1 Å². The van der Waals surface area contributed by atoms with Crippen LogP contribution in [0.2, 0.25) is 10.0 Å². The van der Waals surface area contributed by atoms with Crippen molar-refractivity contribution in [1.29, 1.82) is 0 Å². The Balaban J connectivity index is 1.92. The maximum Gasteiger partial charge on any atom is 0.243 e. The molecule has 1 N–H and O–H groups in total. The summed E-state index contributed by atoms with van der Waals surface area (Å²) >= 11 is 12.9. The van der Waals surface area contributed by atoms with Crippen LogP contribution in [-0.2, 0) is 32.6 Å². The highest BCUT2D eigenvalue weighted by Crippen LogP contribution is 2.30. The van der Waals surface area contributed by atoms with E-state index in [9.17, 15) is 18.0 Å². The van der Waals surface area contributed by atoms with Crippen molar-refractivity contribution >= 4 is 50.7 Å². The van der Waals surface area contributed by atoms with Crippen LogP contribution in [0.15, 0.2) is 72.8 Å². The van der Waals surface area contributed by atoms with Crippen molar-refractivity contribution in [1.82, 2.24) is 10.2 Å². The third-order valence-corrected chi connectivity index (χ3v) is 8.41. The second kappa shape index (κ2) is 15.1. The van der Waals surface area contributed by atoms with Crippen LogP contribution in [0.1, 0.15) is 30.9 Å². The maximum atomic E-state index is 13.9. The number of likely N-dealkylation sites (N-methyl/N-ethyl adjacent to an activating group) is 1. The number of para-hydroxylation sites is 2. The van der Waals surface area contributed by atoms with Crippen LogP contribution in [0.25, 0.3) is 0 Å². The van der Waals surface area contributed by atoms with Gasteiger partial charge in [-0.2, -0.15) is 0 Å². The lowest BCUT2D eigenvalue weighted by Gasteiger charge is -2.32. The van der Waals surface area contributed by atoms with E-state index in [-0.39, 0.29) is 44.2 Å². The number of benzene rings is 3. The molecule has 0 spiro atoms. The molecule has 0 heterocycles. The van der Waals surface area contributed by atoms with Gasteiger partial charge in [0.15, 0.2) is 0 Å². The van der Waals surface area contributed by atoms with E-state index in [1.165, 1.54) is 16.3 Å². The van der Waals surface area contributed by atoms with Gasteiger partial charge in [0.1, 0.15) is 11.8 Å². The number of rotatable bonds is 14. The monoisotopic (exact) mass is 619 g/mol. The zero-order chi connectivity index (χ0) is 30.0. The molecular formula is C30H35Cl2N3O5S. The Kier molecular flexibility index (Phi) is 11.9. The Morgan fingerprint density at radius 3 is 2.20 bits per heavy atom. The number of hydrogen-bond donors (Lipinski definition) is 1. The number of halogens is 2. The van der Waals surface area contributed by atoms with Crippen LogP contribution in [0.4, 0.5) is 5.69 Å². The number of anilines is 1. The highest BCUT2D eigenvalue weighted by atomic mass is 35.5. The molecule has 0 radical (unpaired) electrons. The molecule has 3 aromatic carbocycles. The van der Waals surface area contributed by atoms with Gasteiger partial charge < -0.3 is 15.0 Å². The predicted octanol–water partition coefficient (Wildman–Crippen LogP) is 5.32. The molecule has 0 aliphatic heterocycles. The summed E-state index contributed by atoms with van der Waals surface area (Å²) in [6, 6.07) is 20.4. The minimum atomic E-state index is -3.68. The van der Waals surface area contributed by atoms with Crippen LogP contribution in [0, 0.1) is 0 Å². The molecule has 11 heteroatoms. The first-order valence-corrected chi connectivity index (χ1v) is 15.8. The SMILES string of the molecule is CCNC(=O)[C@@H](Cc1ccccc1)N(Cc1c(Cl)cccc1Cl)C(=O)CCCN(c1ccccc1OC)S(C)(=O)=O. The largest absolute Gasteiger partial charge is 0.495 e. The number of hydrogen-bond acceptors (Lipinski definition) is 5. The molecule has 41 heavy (non-hydrogen) atoms. The molecule has 0 unspecified atom stereocenters. The Hall–Kier alpha value is -3.27. The summed E-state index contributed by atoms with van der Waals surface area (Å²) in [5.41, 5.74) is 1.79. The molecule has 0 aromatic heterocycles. The van der Waals surface area contributed by atoms with Crippen LogP contribution in [0.3, 0.4) is 0 Å². The van der Waals surface area contributed by atoms with Crippen molar-refractivity contribution in [3.05, 3.63) is 94.0 Å². The number of carbonyl (C=O) groups excluding carboxylic acids is 2. The zero-order valence-corrected chi connectivity index (χ0v) is 25.7. The Bertz CT molecular complexity index is 1420. The molecule has 0 saturated carbocycles.